The highest BCUT2D eigenvalue weighted by Gasteiger charge is 2.28. The molecule has 1 aromatic carbocycles. The lowest BCUT2D eigenvalue weighted by Gasteiger charge is -2.36. The van der Waals surface area contributed by atoms with Crippen molar-refractivity contribution in [2.24, 2.45) is 5.92 Å². The van der Waals surface area contributed by atoms with Gasteiger partial charge in [-0.3, -0.25) is 4.79 Å². The predicted octanol–water partition coefficient (Wildman–Crippen LogP) is 3.30. The van der Waals surface area contributed by atoms with E-state index in [1.165, 1.54) is 0 Å². The van der Waals surface area contributed by atoms with Crippen LogP contribution in [0.2, 0.25) is 0 Å². The minimum atomic E-state index is 0. The second-order valence-electron chi connectivity index (χ2n) is 5.53. The first-order valence-corrected chi connectivity index (χ1v) is 7.58. The number of benzene rings is 1. The van der Waals surface area contributed by atoms with Gasteiger partial charge in [-0.2, -0.15) is 0 Å². The molecule has 0 spiro atoms. The molecule has 3 nitrogen and oxygen atoms in total. The standard InChI is InChI=1S/C15H21BrN2O.ClH/c1-9-6-12(8-13(16)7-9)15(19)18-14-10(2)4-5-17-11(14)3;/h6-8,10-11,14,17H,4-5H2,1-3H3,(H,18,19);1H. The number of amides is 1. The molecule has 2 rings (SSSR count). The molecule has 1 aromatic rings. The van der Waals surface area contributed by atoms with Gasteiger partial charge < -0.3 is 10.6 Å². The molecule has 0 aliphatic carbocycles. The Balaban J connectivity index is 0.00000200. The van der Waals surface area contributed by atoms with E-state index in [9.17, 15) is 4.79 Å². The molecular formula is C15H22BrClN2O. The molecule has 0 saturated carbocycles. The van der Waals surface area contributed by atoms with E-state index in [2.05, 4.69) is 40.4 Å². The Bertz CT molecular complexity index is 451. The molecule has 1 fully saturated rings. The van der Waals surface area contributed by atoms with Gasteiger partial charge in [0.25, 0.3) is 5.91 Å². The van der Waals surface area contributed by atoms with Gasteiger partial charge in [-0.05, 0) is 56.5 Å². The van der Waals surface area contributed by atoms with Crippen molar-refractivity contribution in [3.63, 3.8) is 0 Å². The van der Waals surface area contributed by atoms with Gasteiger partial charge in [-0.1, -0.05) is 22.9 Å². The summed E-state index contributed by atoms with van der Waals surface area (Å²) in [5.41, 5.74) is 1.80. The van der Waals surface area contributed by atoms with E-state index in [-0.39, 0.29) is 24.4 Å². The van der Waals surface area contributed by atoms with Crippen LogP contribution in [-0.2, 0) is 0 Å². The van der Waals surface area contributed by atoms with E-state index in [1.54, 1.807) is 0 Å². The summed E-state index contributed by atoms with van der Waals surface area (Å²) in [6, 6.07) is 6.31. The molecular weight excluding hydrogens is 340 g/mol. The second-order valence-corrected chi connectivity index (χ2v) is 6.44. The predicted molar refractivity (Wildman–Crippen MR) is 88.6 cm³/mol. The Morgan fingerprint density at radius 2 is 2.05 bits per heavy atom. The Labute approximate surface area is 135 Å². The zero-order chi connectivity index (χ0) is 14.0. The molecule has 112 valence electrons. The molecule has 20 heavy (non-hydrogen) atoms. The van der Waals surface area contributed by atoms with Gasteiger partial charge in [0.05, 0.1) is 0 Å². The Hall–Kier alpha value is -0.580. The fourth-order valence-electron chi connectivity index (χ4n) is 2.71. The average Bonchev–Trinajstić information content (AvgIpc) is 2.32. The number of hydrogen-bond acceptors (Lipinski definition) is 2. The third-order valence-electron chi connectivity index (χ3n) is 3.82. The quantitative estimate of drug-likeness (QED) is 0.848. The number of carbonyl (C=O) groups is 1. The third kappa shape index (κ3) is 4.21. The number of nitrogens with one attached hydrogen (secondary N) is 2. The van der Waals surface area contributed by atoms with E-state index in [1.807, 2.05) is 25.1 Å². The second kappa shape index (κ2) is 7.43. The molecule has 0 radical (unpaired) electrons. The zero-order valence-corrected chi connectivity index (χ0v) is 14.5. The highest BCUT2D eigenvalue weighted by molar-refractivity contribution is 9.10. The van der Waals surface area contributed by atoms with Gasteiger partial charge in [0.15, 0.2) is 0 Å². The minimum absolute atomic E-state index is 0. The van der Waals surface area contributed by atoms with E-state index >= 15 is 0 Å². The van der Waals surface area contributed by atoms with Gasteiger partial charge >= 0.3 is 0 Å². The first-order chi connectivity index (χ1) is 8.97. The van der Waals surface area contributed by atoms with Gasteiger partial charge in [0.1, 0.15) is 0 Å². The van der Waals surface area contributed by atoms with Crippen molar-refractivity contribution < 1.29 is 4.79 Å². The summed E-state index contributed by atoms with van der Waals surface area (Å²) >= 11 is 3.44. The largest absolute Gasteiger partial charge is 0.347 e. The highest BCUT2D eigenvalue weighted by Crippen LogP contribution is 2.19. The van der Waals surface area contributed by atoms with Crippen LogP contribution in [0.25, 0.3) is 0 Å². The first-order valence-electron chi connectivity index (χ1n) is 6.79. The average molecular weight is 362 g/mol. The van der Waals surface area contributed by atoms with Gasteiger partial charge in [0, 0.05) is 22.1 Å². The summed E-state index contributed by atoms with van der Waals surface area (Å²) in [7, 11) is 0. The Morgan fingerprint density at radius 1 is 1.35 bits per heavy atom. The minimum Gasteiger partial charge on any atom is -0.347 e. The smallest absolute Gasteiger partial charge is 0.251 e. The van der Waals surface area contributed by atoms with E-state index < -0.39 is 0 Å². The van der Waals surface area contributed by atoms with Crippen molar-refractivity contribution in [3.05, 3.63) is 33.8 Å². The maximum Gasteiger partial charge on any atom is 0.251 e. The Kier molecular flexibility index (Phi) is 6.49. The van der Waals surface area contributed by atoms with Crippen LogP contribution < -0.4 is 10.6 Å². The lowest BCUT2D eigenvalue weighted by molar-refractivity contribution is 0.0897. The van der Waals surface area contributed by atoms with Crippen LogP contribution in [0.3, 0.4) is 0 Å². The fourth-order valence-corrected chi connectivity index (χ4v) is 3.32. The maximum atomic E-state index is 12.3. The topological polar surface area (TPSA) is 41.1 Å². The lowest BCUT2D eigenvalue weighted by atomic mass is 9.89. The summed E-state index contributed by atoms with van der Waals surface area (Å²) < 4.78 is 0.945. The summed E-state index contributed by atoms with van der Waals surface area (Å²) in [6.07, 6.45) is 1.10. The van der Waals surface area contributed by atoms with Crippen molar-refractivity contribution in [3.8, 4) is 0 Å². The van der Waals surface area contributed by atoms with E-state index in [0.29, 0.717) is 12.0 Å². The summed E-state index contributed by atoms with van der Waals surface area (Å²) in [4.78, 5) is 12.3. The highest BCUT2D eigenvalue weighted by atomic mass is 79.9. The number of hydrogen-bond donors (Lipinski definition) is 2. The molecule has 5 heteroatoms. The van der Waals surface area contributed by atoms with Gasteiger partial charge in [-0.15, -0.1) is 12.4 Å². The summed E-state index contributed by atoms with van der Waals surface area (Å²) in [6.45, 7) is 7.36. The van der Waals surface area contributed by atoms with Crippen molar-refractivity contribution in [2.75, 3.05) is 6.54 Å². The van der Waals surface area contributed by atoms with Crippen molar-refractivity contribution in [1.82, 2.24) is 10.6 Å². The molecule has 1 heterocycles. The van der Waals surface area contributed by atoms with E-state index in [0.717, 1.165) is 28.6 Å². The number of aryl methyl sites for hydroxylation is 1. The van der Waals surface area contributed by atoms with Crippen molar-refractivity contribution in [1.29, 1.82) is 0 Å². The molecule has 3 atom stereocenters. The fraction of sp³-hybridized carbons (Fsp3) is 0.533. The number of carbonyl (C=O) groups excluding carboxylic acids is 1. The summed E-state index contributed by atoms with van der Waals surface area (Å²) in [5, 5.41) is 6.58. The van der Waals surface area contributed by atoms with Crippen LogP contribution in [0.4, 0.5) is 0 Å². The van der Waals surface area contributed by atoms with Crippen LogP contribution in [-0.4, -0.2) is 24.5 Å². The van der Waals surface area contributed by atoms with E-state index in [4.69, 9.17) is 0 Å². The Morgan fingerprint density at radius 3 is 2.65 bits per heavy atom. The van der Waals surface area contributed by atoms with Crippen molar-refractivity contribution >= 4 is 34.2 Å². The molecule has 3 unspecified atom stereocenters. The maximum absolute atomic E-state index is 12.3. The van der Waals surface area contributed by atoms with Gasteiger partial charge in [0.2, 0.25) is 0 Å². The molecule has 1 aliphatic rings. The molecule has 1 saturated heterocycles. The normalized spacial score (nSPS) is 25.7. The third-order valence-corrected chi connectivity index (χ3v) is 4.28. The van der Waals surface area contributed by atoms with Crippen LogP contribution in [0.1, 0.15) is 36.2 Å². The molecule has 0 aromatic heterocycles. The summed E-state index contributed by atoms with van der Waals surface area (Å²) in [5.74, 6) is 0.519. The van der Waals surface area contributed by atoms with Crippen LogP contribution in [0.5, 0.6) is 0 Å². The molecule has 2 N–H and O–H groups in total. The monoisotopic (exact) mass is 360 g/mol. The lowest BCUT2D eigenvalue weighted by Crippen LogP contribution is -2.55. The molecule has 1 aliphatic heterocycles. The van der Waals surface area contributed by atoms with Crippen LogP contribution >= 0.6 is 28.3 Å². The molecule has 1 amide bonds. The van der Waals surface area contributed by atoms with Crippen molar-refractivity contribution in [2.45, 2.75) is 39.3 Å². The SMILES string of the molecule is Cc1cc(Br)cc(C(=O)NC2C(C)CCNC2C)c1.Cl. The number of halogens is 2. The van der Waals surface area contributed by atoms with Crippen LogP contribution in [0, 0.1) is 12.8 Å². The number of piperidine rings is 1. The van der Waals surface area contributed by atoms with Crippen LogP contribution in [0.15, 0.2) is 22.7 Å². The zero-order valence-electron chi connectivity index (χ0n) is 12.1. The number of rotatable bonds is 2. The van der Waals surface area contributed by atoms with Gasteiger partial charge in [-0.25, -0.2) is 0 Å². The first kappa shape index (κ1) is 17.5. The molecule has 0 bridgehead atoms.